The largest absolute Gasteiger partial charge is 0.497 e. The molecule has 3 rings (SSSR count). The van der Waals surface area contributed by atoms with Crippen LogP contribution in [0, 0.1) is 0 Å². The molecule has 0 unspecified atom stereocenters. The number of hydrogen-bond acceptors (Lipinski definition) is 4. The van der Waals surface area contributed by atoms with Crippen molar-refractivity contribution in [3.63, 3.8) is 0 Å². The molecular weight excluding hydrogens is 351 g/mol. The number of halogens is 2. The fraction of sp³-hybridized carbons (Fsp3) is 0.353. The zero-order valence-electron chi connectivity index (χ0n) is 13.4. The summed E-state index contributed by atoms with van der Waals surface area (Å²) in [4.78, 5) is 4.06. The van der Waals surface area contributed by atoms with Gasteiger partial charge in [0.25, 0.3) is 0 Å². The normalized spacial score (nSPS) is 19.1. The van der Waals surface area contributed by atoms with Gasteiger partial charge in [-0.3, -0.25) is 0 Å². The third-order valence-corrected chi connectivity index (χ3v) is 4.15. The van der Waals surface area contributed by atoms with Crippen molar-refractivity contribution in [1.29, 1.82) is 0 Å². The van der Waals surface area contributed by atoms with Crippen molar-refractivity contribution in [3.8, 4) is 11.5 Å². The van der Waals surface area contributed by atoms with Crippen LogP contribution in [0.25, 0.3) is 0 Å². The Hall–Kier alpha value is -1.69. The van der Waals surface area contributed by atoms with E-state index in [-0.39, 0.29) is 12.4 Å². The van der Waals surface area contributed by atoms with Gasteiger partial charge in [0.1, 0.15) is 23.7 Å². The minimum Gasteiger partial charge on any atom is -0.497 e. The van der Waals surface area contributed by atoms with Crippen molar-refractivity contribution < 1.29 is 14.2 Å². The Morgan fingerprint density at radius 3 is 2.92 bits per heavy atom. The molecule has 24 heavy (non-hydrogen) atoms. The second-order valence-electron chi connectivity index (χ2n) is 5.41. The van der Waals surface area contributed by atoms with E-state index >= 15 is 0 Å². The van der Waals surface area contributed by atoms with Crippen LogP contribution in [0.5, 0.6) is 11.5 Å². The van der Waals surface area contributed by atoms with Crippen molar-refractivity contribution in [3.05, 3.63) is 54.1 Å². The lowest BCUT2D eigenvalue weighted by molar-refractivity contribution is -0.0184. The molecule has 1 aromatic heterocycles. The van der Waals surface area contributed by atoms with Crippen LogP contribution in [0.15, 0.2) is 49.1 Å². The van der Waals surface area contributed by atoms with Gasteiger partial charge < -0.3 is 18.8 Å². The van der Waals surface area contributed by atoms with Crippen LogP contribution >= 0.6 is 24.0 Å². The zero-order chi connectivity index (χ0) is 16.1. The van der Waals surface area contributed by atoms with Gasteiger partial charge >= 0.3 is 0 Å². The number of nitrogens with zero attached hydrogens (tertiary/aromatic N) is 2. The predicted molar refractivity (Wildman–Crippen MR) is 95.4 cm³/mol. The van der Waals surface area contributed by atoms with Crippen molar-refractivity contribution >= 4 is 24.0 Å². The predicted octanol–water partition coefficient (Wildman–Crippen LogP) is 3.76. The highest BCUT2D eigenvalue weighted by atomic mass is 35.5. The summed E-state index contributed by atoms with van der Waals surface area (Å²) < 4.78 is 19.0. The van der Waals surface area contributed by atoms with E-state index in [1.165, 1.54) is 0 Å². The maximum atomic E-state index is 6.22. The Bertz CT molecular complexity index is 676. The van der Waals surface area contributed by atoms with Gasteiger partial charge in [0.15, 0.2) is 0 Å². The van der Waals surface area contributed by atoms with Gasteiger partial charge in [-0.05, 0) is 12.1 Å². The number of hydrogen-bond donors (Lipinski definition) is 0. The van der Waals surface area contributed by atoms with Crippen LogP contribution in [0.3, 0.4) is 0 Å². The third-order valence-electron chi connectivity index (χ3n) is 3.85. The molecule has 0 spiro atoms. The number of rotatable bonds is 7. The van der Waals surface area contributed by atoms with Crippen LogP contribution in [-0.2, 0) is 11.3 Å². The molecule has 1 aliphatic heterocycles. The number of aryl methyl sites for hydroxylation is 1. The minimum absolute atomic E-state index is 0. The van der Waals surface area contributed by atoms with Gasteiger partial charge in [0, 0.05) is 31.4 Å². The van der Waals surface area contributed by atoms with Gasteiger partial charge in [-0.15, -0.1) is 12.4 Å². The van der Waals surface area contributed by atoms with Gasteiger partial charge in [-0.1, -0.05) is 23.8 Å². The Balaban J connectivity index is 0.00000208. The van der Waals surface area contributed by atoms with Crippen LogP contribution < -0.4 is 9.47 Å². The fourth-order valence-electron chi connectivity index (χ4n) is 2.51. The molecule has 1 atom stereocenters. The number of aromatic nitrogens is 2. The first-order chi connectivity index (χ1) is 11.2. The first-order valence-electron chi connectivity index (χ1n) is 7.44. The van der Waals surface area contributed by atoms with Crippen molar-refractivity contribution in [2.75, 3.05) is 20.3 Å². The number of benzene rings is 1. The molecule has 0 amide bonds. The Labute approximate surface area is 152 Å². The maximum absolute atomic E-state index is 6.22. The van der Waals surface area contributed by atoms with Crippen molar-refractivity contribution in [2.45, 2.75) is 18.6 Å². The maximum Gasteiger partial charge on any atom is 0.138 e. The summed E-state index contributed by atoms with van der Waals surface area (Å²) in [6, 6.07) is 5.37. The third kappa shape index (κ3) is 4.44. The lowest BCUT2D eigenvalue weighted by atomic mass is 10.0. The molecule has 0 bridgehead atoms. The van der Waals surface area contributed by atoms with Crippen LogP contribution in [0.2, 0.25) is 5.02 Å². The number of ether oxygens (including phenoxy) is 3. The molecule has 2 heterocycles. The molecule has 0 aliphatic carbocycles. The van der Waals surface area contributed by atoms with Gasteiger partial charge in [0.2, 0.25) is 0 Å². The monoisotopic (exact) mass is 370 g/mol. The van der Waals surface area contributed by atoms with Crippen molar-refractivity contribution in [1.82, 2.24) is 9.55 Å². The quantitative estimate of drug-likeness (QED) is 0.696. The van der Waals surface area contributed by atoms with E-state index in [9.17, 15) is 0 Å². The second kappa shape index (κ2) is 8.42. The van der Waals surface area contributed by atoms with E-state index < -0.39 is 5.60 Å². The summed E-state index contributed by atoms with van der Waals surface area (Å²) in [6.45, 7) is 1.82. The summed E-state index contributed by atoms with van der Waals surface area (Å²) in [5.74, 6) is 1.33. The van der Waals surface area contributed by atoms with E-state index in [0.717, 1.165) is 13.0 Å². The van der Waals surface area contributed by atoms with Gasteiger partial charge in [-0.2, -0.15) is 0 Å². The molecule has 0 N–H and O–H groups in total. The highest BCUT2D eigenvalue weighted by Gasteiger charge is 2.32. The Morgan fingerprint density at radius 1 is 1.42 bits per heavy atom. The van der Waals surface area contributed by atoms with Gasteiger partial charge in [0.05, 0.1) is 25.1 Å². The SMILES string of the molecule is COc1ccc(OC[C@@]2(CCn3ccnc3)C=CCO2)c(Cl)c1.Cl. The summed E-state index contributed by atoms with van der Waals surface area (Å²) in [5, 5.41) is 0.524. The molecule has 0 radical (unpaired) electrons. The summed E-state index contributed by atoms with van der Waals surface area (Å²) in [6.07, 6.45) is 10.4. The average Bonchev–Trinajstić information content (AvgIpc) is 3.24. The molecule has 7 heteroatoms. The van der Waals surface area contributed by atoms with E-state index in [0.29, 0.717) is 29.7 Å². The first-order valence-corrected chi connectivity index (χ1v) is 7.82. The minimum atomic E-state index is -0.437. The van der Waals surface area contributed by atoms with Crippen LogP contribution in [-0.4, -0.2) is 35.5 Å². The fourth-order valence-corrected chi connectivity index (χ4v) is 2.73. The molecule has 1 aliphatic rings. The molecular formula is C17H20Cl2N2O3. The van der Waals surface area contributed by atoms with Crippen molar-refractivity contribution in [2.24, 2.45) is 0 Å². The Morgan fingerprint density at radius 2 is 2.29 bits per heavy atom. The molecule has 0 saturated heterocycles. The van der Waals surface area contributed by atoms with Crippen LogP contribution in [0.1, 0.15) is 6.42 Å². The lowest BCUT2D eigenvalue weighted by Gasteiger charge is -2.27. The van der Waals surface area contributed by atoms with Gasteiger partial charge in [-0.25, -0.2) is 4.98 Å². The van der Waals surface area contributed by atoms with E-state index in [2.05, 4.69) is 11.1 Å². The van der Waals surface area contributed by atoms with Crippen LogP contribution in [0.4, 0.5) is 0 Å². The molecule has 0 saturated carbocycles. The highest BCUT2D eigenvalue weighted by molar-refractivity contribution is 6.32. The summed E-state index contributed by atoms with van der Waals surface area (Å²) in [7, 11) is 1.61. The summed E-state index contributed by atoms with van der Waals surface area (Å²) in [5.41, 5.74) is -0.437. The zero-order valence-corrected chi connectivity index (χ0v) is 14.9. The lowest BCUT2D eigenvalue weighted by Crippen LogP contribution is -2.36. The van der Waals surface area contributed by atoms with E-state index in [4.69, 9.17) is 25.8 Å². The second-order valence-corrected chi connectivity index (χ2v) is 5.82. The number of methoxy groups -OCH3 is 1. The first kappa shape index (κ1) is 18.6. The molecule has 0 fully saturated rings. The number of imidazole rings is 1. The summed E-state index contributed by atoms with van der Waals surface area (Å²) >= 11 is 6.22. The van der Waals surface area contributed by atoms with E-state index in [1.807, 2.05) is 29.0 Å². The molecule has 1 aromatic carbocycles. The average molecular weight is 371 g/mol. The highest BCUT2D eigenvalue weighted by Crippen LogP contribution is 2.31. The van der Waals surface area contributed by atoms with E-state index in [1.54, 1.807) is 25.7 Å². The molecule has 5 nitrogen and oxygen atoms in total. The topological polar surface area (TPSA) is 45.5 Å². The smallest absolute Gasteiger partial charge is 0.138 e. The Kier molecular flexibility index (Phi) is 6.54. The molecule has 130 valence electrons. The molecule has 2 aromatic rings. The standard InChI is InChI=1S/C17H19ClN2O3.ClH/c1-21-14-3-4-16(15(18)11-14)22-12-17(5-2-10-23-17)6-8-20-9-7-19-13-20;/h2-5,7,9,11,13H,6,8,10,12H2,1H3;1H/t17-;/m0./s1.